The second-order valence-corrected chi connectivity index (χ2v) is 5.84. The lowest BCUT2D eigenvalue weighted by Gasteiger charge is -2.15. The predicted molar refractivity (Wildman–Crippen MR) is 76.6 cm³/mol. The number of fused-ring (bicyclic) bond motifs is 4. The molecule has 3 aliphatic heterocycles. The van der Waals surface area contributed by atoms with Crippen LogP contribution in [0, 0.1) is 10.1 Å². The van der Waals surface area contributed by atoms with Gasteiger partial charge in [0.05, 0.1) is 21.6 Å². The van der Waals surface area contributed by atoms with Gasteiger partial charge in [0, 0.05) is 18.1 Å². The predicted octanol–water partition coefficient (Wildman–Crippen LogP) is 2.02. The topological polar surface area (TPSA) is 81.5 Å². The van der Waals surface area contributed by atoms with Gasteiger partial charge in [-0.15, -0.1) is 11.6 Å². The van der Waals surface area contributed by atoms with Crippen LogP contribution in [-0.4, -0.2) is 34.4 Å². The van der Waals surface area contributed by atoms with E-state index in [1.807, 2.05) is 11.8 Å². The van der Waals surface area contributed by atoms with Gasteiger partial charge in [0.1, 0.15) is 0 Å². The van der Waals surface area contributed by atoms with Gasteiger partial charge in [-0.2, -0.15) is 11.8 Å². The van der Waals surface area contributed by atoms with Crippen LogP contribution in [0.1, 0.15) is 22.1 Å². The van der Waals surface area contributed by atoms with Crippen molar-refractivity contribution >= 4 is 29.3 Å². The first-order valence-corrected chi connectivity index (χ1v) is 7.56. The van der Waals surface area contributed by atoms with Crippen LogP contribution < -0.4 is 5.32 Å². The molecule has 108 valence electrons. The molecule has 6 nitrogen and oxygen atoms in total. The number of esters is 1. The van der Waals surface area contributed by atoms with Gasteiger partial charge in [-0.1, -0.05) is 0 Å². The Hall–Kier alpha value is -1.31. The number of nitro groups is 1. The van der Waals surface area contributed by atoms with Crippen molar-refractivity contribution < 1.29 is 14.5 Å². The van der Waals surface area contributed by atoms with Crippen LogP contribution in [-0.2, 0) is 4.74 Å². The fraction of sp³-hybridized carbons (Fsp3) is 0.417. The molecule has 0 radical (unpaired) electrons. The maximum absolute atomic E-state index is 11.1. The maximum Gasteiger partial charge on any atom is 0.383 e. The molecule has 0 spiro atoms. The molecule has 0 aromatic heterocycles. The zero-order valence-electron chi connectivity index (χ0n) is 10.5. The van der Waals surface area contributed by atoms with E-state index in [2.05, 4.69) is 10.1 Å². The number of halogens is 1. The summed E-state index contributed by atoms with van der Waals surface area (Å²) in [6.45, 7) is 1.07. The number of alkyl halides is 1. The lowest BCUT2D eigenvalue weighted by molar-refractivity contribution is -0.574. The van der Waals surface area contributed by atoms with Gasteiger partial charge in [-0.3, -0.25) is 15.4 Å². The number of nitrogens with zero attached hydrogens (tertiary/aromatic N) is 1. The molecule has 0 saturated carbocycles. The van der Waals surface area contributed by atoms with E-state index >= 15 is 0 Å². The Labute approximate surface area is 125 Å². The van der Waals surface area contributed by atoms with E-state index in [0.29, 0.717) is 11.1 Å². The number of carbonyl (C=O) groups excluding carboxylic acids is 1. The molecule has 1 saturated heterocycles. The molecule has 20 heavy (non-hydrogen) atoms. The van der Waals surface area contributed by atoms with Crippen LogP contribution in [0.4, 0.5) is 0 Å². The number of benzene rings is 1. The largest absolute Gasteiger partial charge is 0.390 e. The average molecular weight is 317 g/mol. The van der Waals surface area contributed by atoms with Gasteiger partial charge < -0.3 is 4.74 Å². The monoisotopic (exact) mass is 316 g/mol. The molecule has 0 amide bonds. The number of hydrogen-bond donors (Lipinski definition) is 1. The Morgan fingerprint density at radius 1 is 1.40 bits per heavy atom. The van der Waals surface area contributed by atoms with Crippen LogP contribution in [0.25, 0.3) is 0 Å². The Morgan fingerprint density at radius 2 is 2.10 bits per heavy atom. The second kappa shape index (κ2) is 6.92. The standard InChI is InChI=1S/C8H5NO4.C4H8ClNS/c10-8-6-3-1-5(2-4-6)7(13-8)9(11)12;5-4-3-7-2-1-6-4/h1-4,7H;4,6H,1-3H2. The fourth-order valence-electron chi connectivity index (χ4n) is 1.72. The lowest BCUT2D eigenvalue weighted by atomic mass is 10.1. The highest BCUT2D eigenvalue weighted by atomic mass is 35.5. The summed E-state index contributed by atoms with van der Waals surface area (Å²) in [6, 6.07) is 6.07. The van der Waals surface area contributed by atoms with Gasteiger partial charge >= 0.3 is 12.2 Å². The summed E-state index contributed by atoms with van der Waals surface area (Å²) >= 11 is 7.59. The summed E-state index contributed by atoms with van der Waals surface area (Å²) in [5.41, 5.74) is 0.950. The third-order valence-electron chi connectivity index (χ3n) is 2.72. The zero-order chi connectivity index (χ0) is 14.5. The van der Waals surface area contributed by atoms with Gasteiger partial charge in [-0.05, 0) is 24.3 Å². The highest BCUT2D eigenvalue weighted by Gasteiger charge is 2.30. The first kappa shape index (κ1) is 15.1. The second-order valence-electron chi connectivity index (χ2n) is 4.16. The number of nitrogens with one attached hydrogen (secondary N) is 1. The first-order valence-electron chi connectivity index (χ1n) is 5.97. The van der Waals surface area contributed by atoms with Gasteiger partial charge in [-0.25, -0.2) is 4.79 Å². The Bertz CT molecular complexity index is 491. The minimum absolute atomic E-state index is 0.221. The van der Waals surface area contributed by atoms with E-state index in [1.165, 1.54) is 30.0 Å². The number of rotatable bonds is 1. The molecule has 1 aromatic carbocycles. The zero-order valence-corrected chi connectivity index (χ0v) is 12.0. The summed E-state index contributed by atoms with van der Waals surface area (Å²) in [5.74, 6) is 1.62. The SMILES string of the molecule is ClC1CSCCN1.O=C1OC([N+](=O)[O-])c2ccc1cc2. The van der Waals surface area contributed by atoms with Crippen molar-refractivity contribution in [1.82, 2.24) is 5.32 Å². The van der Waals surface area contributed by atoms with E-state index in [1.54, 1.807) is 0 Å². The van der Waals surface area contributed by atoms with E-state index in [4.69, 9.17) is 11.6 Å². The molecule has 2 atom stereocenters. The number of hydrogen-bond acceptors (Lipinski definition) is 6. The molecule has 1 fully saturated rings. The first-order chi connectivity index (χ1) is 9.58. The minimum Gasteiger partial charge on any atom is -0.390 e. The summed E-state index contributed by atoms with van der Waals surface area (Å²) in [7, 11) is 0. The van der Waals surface area contributed by atoms with Crippen LogP contribution >= 0.6 is 23.4 Å². The van der Waals surface area contributed by atoms with Crippen molar-refractivity contribution in [2.75, 3.05) is 18.1 Å². The molecule has 1 aromatic rings. The smallest absolute Gasteiger partial charge is 0.383 e. The molecule has 1 N–H and O–H groups in total. The minimum atomic E-state index is -1.36. The Kier molecular flexibility index (Phi) is 5.22. The van der Waals surface area contributed by atoms with Crippen LogP contribution in [0.3, 0.4) is 0 Å². The van der Waals surface area contributed by atoms with Crippen molar-refractivity contribution in [3.05, 3.63) is 45.5 Å². The number of thioether (sulfide) groups is 1. The van der Waals surface area contributed by atoms with Crippen molar-refractivity contribution in [3.8, 4) is 0 Å². The van der Waals surface area contributed by atoms with Crippen molar-refractivity contribution in [2.24, 2.45) is 0 Å². The Morgan fingerprint density at radius 3 is 2.55 bits per heavy atom. The van der Waals surface area contributed by atoms with E-state index < -0.39 is 17.1 Å². The molecule has 2 bridgehead atoms. The maximum atomic E-state index is 11.1. The molecule has 8 heteroatoms. The average Bonchev–Trinajstić information content (AvgIpc) is 2.70. The summed E-state index contributed by atoms with van der Waals surface area (Å²) < 4.78 is 4.62. The molecular weight excluding hydrogens is 304 g/mol. The molecular formula is C12H13ClN2O4S. The third-order valence-corrected chi connectivity index (χ3v) is 4.27. The van der Waals surface area contributed by atoms with Crippen molar-refractivity contribution in [1.29, 1.82) is 0 Å². The van der Waals surface area contributed by atoms with Crippen molar-refractivity contribution in [2.45, 2.75) is 11.7 Å². The quantitative estimate of drug-likeness (QED) is 0.281. The molecule has 2 unspecified atom stereocenters. The van der Waals surface area contributed by atoms with Crippen molar-refractivity contribution in [3.63, 3.8) is 0 Å². The third kappa shape index (κ3) is 3.84. The van der Waals surface area contributed by atoms with Crippen LogP contribution in [0.2, 0.25) is 0 Å². The lowest BCUT2D eigenvalue weighted by Crippen LogP contribution is -2.32. The highest BCUT2D eigenvalue weighted by Crippen LogP contribution is 2.24. The Balaban J connectivity index is 0.000000178. The molecule has 0 aliphatic carbocycles. The van der Waals surface area contributed by atoms with Gasteiger partial charge in [0.15, 0.2) is 0 Å². The highest BCUT2D eigenvalue weighted by molar-refractivity contribution is 7.99. The summed E-state index contributed by atoms with van der Waals surface area (Å²) in [4.78, 5) is 20.9. The summed E-state index contributed by atoms with van der Waals surface area (Å²) in [6.07, 6.45) is -1.36. The molecule has 3 heterocycles. The number of ether oxygens (including phenoxy) is 1. The van der Waals surface area contributed by atoms with Crippen LogP contribution in [0.5, 0.6) is 0 Å². The van der Waals surface area contributed by atoms with E-state index in [0.717, 1.165) is 12.3 Å². The molecule has 3 aliphatic rings. The number of carbonyl (C=O) groups is 1. The van der Waals surface area contributed by atoms with Gasteiger partial charge in [0.2, 0.25) is 0 Å². The molecule has 4 rings (SSSR count). The fourth-order valence-corrected chi connectivity index (χ4v) is 2.85. The van der Waals surface area contributed by atoms with E-state index in [9.17, 15) is 14.9 Å². The van der Waals surface area contributed by atoms with Gasteiger partial charge in [0.25, 0.3) is 0 Å². The van der Waals surface area contributed by atoms with E-state index in [-0.39, 0.29) is 5.50 Å². The van der Waals surface area contributed by atoms with Crippen LogP contribution in [0.15, 0.2) is 24.3 Å². The summed E-state index contributed by atoms with van der Waals surface area (Å²) in [5, 5.41) is 13.6. The normalized spacial score (nSPS) is 24.1.